The first-order chi connectivity index (χ1) is 18.3. The van der Waals surface area contributed by atoms with Crippen LogP contribution in [0.5, 0.6) is 0 Å². The number of nitrogens with zero attached hydrogens (tertiary/aromatic N) is 2. The molecule has 3 N–H and O–H groups in total. The predicted octanol–water partition coefficient (Wildman–Crippen LogP) is 2.83. The van der Waals surface area contributed by atoms with Crippen molar-refractivity contribution in [1.82, 2.24) is 9.80 Å². The summed E-state index contributed by atoms with van der Waals surface area (Å²) in [6.45, 7) is 0.813. The van der Waals surface area contributed by atoms with Crippen LogP contribution in [0.4, 0.5) is 0 Å². The van der Waals surface area contributed by atoms with Gasteiger partial charge in [-0.1, -0.05) is 60.7 Å². The highest BCUT2D eigenvalue weighted by molar-refractivity contribution is 5.93. The number of benzene rings is 2. The van der Waals surface area contributed by atoms with E-state index in [0.29, 0.717) is 51.6 Å². The molecule has 2 aliphatic rings. The summed E-state index contributed by atoms with van der Waals surface area (Å²) in [6.07, 6.45) is 3.42. The van der Waals surface area contributed by atoms with E-state index in [9.17, 15) is 24.3 Å². The van der Waals surface area contributed by atoms with Crippen LogP contribution >= 0.6 is 0 Å². The number of likely N-dealkylation sites (tertiary alicyclic amines) is 2. The molecule has 2 aliphatic heterocycles. The standard InChI is InChI=1S/C30H37N3O5/c31-24(18-22-11-5-2-6-12-22)20-25(34)19-23(17-21-9-3-1-4-10-21)28(35)32-15-7-13-26(32)29(36)33-16-8-14-27(33)30(37)38/h1-6,9-12,23-24,26-27H,7-8,13-20,31H2,(H,37,38)/t23-,24-,26+,27+/m1/s1. The van der Waals surface area contributed by atoms with Crippen LogP contribution in [0.15, 0.2) is 60.7 Å². The van der Waals surface area contributed by atoms with Gasteiger partial charge in [-0.2, -0.15) is 0 Å². The molecule has 2 aromatic rings. The van der Waals surface area contributed by atoms with E-state index in [0.717, 1.165) is 11.1 Å². The summed E-state index contributed by atoms with van der Waals surface area (Å²) < 4.78 is 0. The van der Waals surface area contributed by atoms with Crippen LogP contribution < -0.4 is 5.73 Å². The molecule has 8 heteroatoms. The van der Waals surface area contributed by atoms with Crippen LogP contribution in [0, 0.1) is 5.92 Å². The quantitative estimate of drug-likeness (QED) is 0.471. The second-order valence-corrected chi connectivity index (χ2v) is 10.5. The lowest BCUT2D eigenvalue weighted by molar-refractivity contribution is -0.152. The second-order valence-electron chi connectivity index (χ2n) is 10.5. The molecular weight excluding hydrogens is 482 g/mol. The van der Waals surface area contributed by atoms with Gasteiger partial charge in [-0.05, 0) is 49.7 Å². The van der Waals surface area contributed by atoms with Crippen molar-refractivity contribution in [2.75, 3.05) is 13.1 Å². The Morgan fingerprint density at radius 2 is 1.34 bits per heavy atom. The van der Waals surface area contributed by atoms with E-state index in [1.807, 2.05) is 60.7 Å². The number of carboxylic acid groups (broad SMARTS) is 1. The fourth-order valence-corrected chi connectivity index (χ4v) is 5.79. The summed E-state index contributed by atoms with van der Waals surface area (Å²) in [5, 5.41) is 9.54. The molecule has 0 radical (unpaired) electrons. The average molecular weight is 520 g/mol. The molecule has 8 nitrogen and oxygen atoms in total. The number of ketones is 1. The molecule has 202 valence electrons. The van der Waals surface area contributed by atoms with Gasteiger partial charge in [0.25, 0.3) is 0 Å². The molecule has 38 heavy (non-hydrogen) atoms. The monoisotopic (exact) mass is 519 g/mol. The maximum absolute atomic E-state index is 13.9. The van der Waals surface area contributed by atoms with Crippen molar-refractivity contribution < 1.29 is 24.3 Å². The molecule has 0 aromatic heterocycles. The highest BCUT2D eigenvalue weighted by Crippen LogP contribution is 2.28. The van der Waals surface area contributed by atoms with Crippen molar-refractivity contribution in [2.45, 2.75) is 69.5 Å². The van der Waals surface area contributed by atoms with Crippen molar-refractivity contribution in [2.24, 2.45) is 11.7 Å². The van der Waals surface area contributed by atoms with Crippen LogP contribution in [-0.4, -0.2) is 69.7 Å². The minimum Gasteiger partial charge on any atom is -0.480 e. The molecule has 0 spiro atoms. The third kappa shape index (κ3) is 6.86. The van der Waals surface area contributed by atoms with Gasteiger partial charge in [-0.15, -0.1) is 0 Å². The molecule has 0 aliphatic carbocycles. The third-order valence-electron chi connectivity index (χ3n) is 7.62. The lowest BCUT2D eigenvalue weighted by Gasteiger charge is -2.32. The topological polar surface area (TPSA) is 121 Å². The smallest absolute Gasteiger partial charge is 0.326 e. The summed E-state index contributed by atoms with van der Waals surface area (Å²) in [7, 11) is 0. The maximum Gasteiger partial charge on any atom is 0.326 e. The number of hydrogen-bond donors (Lipinski definition) is 2. The van der Waals surface area contributed by atoms with Crippen molar-refractivity contribution in [3.63, 3.8) is 0 Å². The van der Waals surface area contributed by atoms with Crippen LogP contribution in [0.2, 0.25) is 0 Å². The van der Waals surface area contributed by atoms with E-state index in [4.69, 9.17) is 5.73 Å². The number of rotatable bonds is 11. The number of carbonyl (C=O) groups is 4. The normalized spacial score (nSPS) is 20.8. The van der Waals surface area contributed by atoms with Crippen LogP contribution in [0.1, 0.15) is 49.7 Å². The van der Waals surface area contributed by atoms with Gasteiger partial charge < -0.3 is 20.6 Å². The predicted molar refractivity (Wildman–Crippen MR) is 143 cm³/mol. The first kappa shape index (κ1) is 27.5. The number of carbonyl (C=O) groups excluding carboxylic acids is 3. The summed E-state index contributed by atoms with van der Waals surface area (Å²) in [6, 6.07) is 17.5. The number of carboxylic acids is 1. The SMILES string of the molecule is N[C@@H](CC(=O)C[C@@H](Cc1ccccc1)C(=O)N1CCC[C@H]1C(=O)N1CCC[C@H]1C(=O)O)Cc1ccccc1. The lowest BCUT2D eigenvalue weighted by Crippen LogP contribution is -2.52. The third-order valence-corrected chi connectivity index (χ3v) is 7.62. The van der Waals surface area contributed by atoms with Gasteiger partial charge in [-0.3, -0.25) is 14.4 Å². The van der Waals surface area contributed by atoms with Gasteiger partial charge in [0.05, 0.1) is 0 Å². The molecule has 2 fully saturated rings. The van der Waals surface area contributed by atoms with E-state index in [2.05, 4.69) is 0 Å². The summed E-state index contributed by atoms with van der Waals surface area (Å²) in [5.41, 5.74) is 8.29. The Morgan fingerprint density at radius 1 is 0.789 bits per heavy atom. The van der Waals surface area contributed by atoms with Crippen molar-refractivity contribution in [1.29, 1.82) is 0 Å². The zero-order valence-electron chi connectivity index (χ0n) is 21.7. The molecule has 2 heterocycles. The van der Waals surface area contributed by atoms with Crippen LogP contribution in [0.25, 0.3) is 0 Å². The summed E-state index contributed by atoms with van der Waals surface area (Å²) >= 11 is 0. The van der Waals surface area contributed by atoms with Gasteiger partial charge in [0.1, 0.15) is 17.9 Å². The van der Waals surface area contributed by atoms with Crippen LogP contribution in [0.3, 0.4) is 0 Å². The Balaban J connectivity index is 1.46. The molecule has 2 saturated heterocycles. The average Bonchev–Trinajstić information content (AvgIpc) is 3.59. The molecule has 2 aromatic carbocycles. The fraction of sp³-hybridized carbons (Fsp3) is 0.467. The molecule has 2 amide bonds. The minimum atomic E-state index is -1.01. The molecule has 4 atom stereocenters. The molecular formula is C30H37N3O5. The maximum atomic E-state index is 13.9. The second kappa shape index (κ2) is 12.8. The van der Waals surface area contributed by atoms with Crippen molar-refractivity contribution in [3.8, 4) is 0 Å². The van der Waals surface area contributed by atoms with E-state index < -0.39 is 24.0 Å². The Kier molecular flexibility index (Phi) is 9.29. The zero-order chi connectivity index (χ0) is 27.1. The van der Waals surface area contributed by atoms with Crippen molar-refractivity contribution in [3.05, 3.63) is 71.8 Å². The van der Waals surface area contributed by atoms with Gasteiger partial charge >= 0.3 is 5.97 Å². The van der Waals surface area contributed by atoms with E-state index in [1.165, 1.54) is 4.90 Å². The Morgan fingerprint density at radius 3 is 1.95 bits per heavy atom. The first-order valence-electron chi connectivity index (χ1n) is 13.5. The fourth-order valence-electron chi connectivity index (χ4n) is 5.79. The van der Waals surface area contributed by atoms with Crippen molar-refractivity contribution >= 4 is 23.6 Å². The number of hydrogen-bond acceptors (Lipinski definition) is 5. The van der Waals surface area contributed by atoms with Gasteiger partial charge in [-0.25, -0.2) is 4.79 Å². The highest BCUT2D eigenvalue weighted by Gasteiger charge is 2.43. The van der Waals surface area contributed by atoms with Gasteiger partial charge in [0.2, 0.25) is 11.8 Å². The number of nitrogens with two attached hydrogens (primary N) is 1. The molecule has 0 unspecified atom stereocenters. The van der Waals surface area contributed by atoms with Gasteiger partial charge in [0, 0.05) is 37.9 Å². The summed E-state index contributed by atoms with van der Waals surface area (Å²) in [4.78, 5) is 55.0. The Hall–Kier alpha value is -3.52. The van der Waals surface area contributed by atoms with Crippen LogP contribution in [-0.2, 0) is 32.0 Å². The summed E-state index contributed by atoms with van der Waals surface area (Å²) in [5.74, 6) is -2.21. The minimum absolute atomic E-state index is 0.0507. The Labute approximate surface area is 223 Å². The molecule has 0 bridgehead atoms. The zero-order valence-corrected chi connectivity index (χ0v) is 21.7. The van der Waals surface area contributed by atoms with E-state index >= 15 is 0 Å². The first-order valence-corrected chi connectivity index (χ1v) is 13.5. The number of aliphatic carboxylic acids is 1. The Bertz CT molecular complexity index is 1120. The highest BCUT2D eigenvalue weighted by atomic mass is 16.4. The van der Waals surface area contributed by atoms with E-state index in [-0.39, 0.29) is 36.5 Å². The largest absolute Gasteiger partial charge is 0.480 e. The molecule has 0 saturated carbocycles. The van der Waals surface area contributed by atoms with E-state index in [1.54, 1.807) is 4.90 Å². The number of amides is 2. The number of Topliss-reactive ketones (excluding diaryl/α,β-unsaturated/α-hetero) is 1. The lowest BCUT2D eigenvalue weighted by atomic mass is 9.90. The molecule has 4 rings (SSSR count). The van der Waals surface area contributed by atoms with Gasteiger partial charge in [0.15, 0.2) is 0 Å².